The number of hydrogen-bond acceptors (Lipinski definition) is 3. The molecule has 0 bridgehead atoms. The summed E-state index contributed by atoms with van der Waals surface area (Å²) in [7, 11) is 1.76. The van der Waals surface area contributed by atoms with Crippen molar-refractivity contribution < 1.29 is 4.74 Å². The number of fused-ring (bicyclic) bond motifs is 3. The molecule has 29 heavy (non-hydrogen) atoms. The van der Waals surface area contributed by atoms with Crippen LogP contribution in [0.15, 0.2) is 24.3 Å². The summed E-state index contributed by atoms with van der Waals surface area (Å²) >= 11 is 19.4. The molecule has 4 nitrogen and oxygen atoms in total. The second-order valence-electron chi connectivity index (χ2n) is 7.47. The van der Waals surface area contributed by atoms with Gasteiger partial charge in [0.15, 0.2) is 0 Å². The van der Waals surface area contributed by atoms with Gasteiger partial charge >= 0.3 is 0 Å². The van der Waals surface area contributed by atoms with Crippen LogP contribution in [-0.4, -0.2) is 23.2 Å². The van der Waals surface area contributed by atoms with Gasteiger partial charge in [-0.2, -0.15) is 0 Å². The fourth-order valence-corrected chi connectivity index (χ4v) is 5.19. The molecule has 4 rings (SSSR count). The Morgan fingerprint density at radius 1 is 1.14 bits per heavy atom. The van der Waals surface area contributed by atoms with Gasteiger partial charge in [-0.05, 0) is 43.5 Å². The molecule has 0 N–H and O–H groups in total. The third-order valence-electron chi connectivity index (χ3n) is 5.53. The van der Waals surface area contributed by atoms with Crippen molar-refractivity contribution in [3.05, 3.63) is 50.5 Å². The van der Waals surface area contributed by atoms with Gasteiger partial charge in [0.25, 0.3) is 0 Å². The molecule has 1 aromatic heterocycles. The Bertz CT molecular complexity index is 1040. The first kappa shape index (κ1) is 20.8. The fourth-order valence-electron chi connectivity index (χ4n) is 4.30. The van der Waals surface area contributed by atoms with Crippen molar-refractivity contribution >= 4 is 57.5 Å². The minimum atomic E-state index is 0.0109. The number of benzene rings is 2. The summed E-state index contributed by atoms with van der Waals surface area (Å²) in [6.45, 7) is 5.90. The van der Waals surface area contributed by atoms with Crippen LogP contribution < -0.4 is 4.90 Å². The number of hydrogen-bond donors (Lipinski definition) is 0. The molecule has 0 saturated carbocycles. The molecule has 7 heteroatoms. The van der Waals surface area contributed by atoms with Gasteiger partial charge in [-0.25, -0.2) is 4.98 Å². The molecule has 0 radical (unpaired) electrons. The number of methoxy groups -OCH3 is 1. The number of halogens is 3. The van der Waals surface area contributed by atoms with Crippen LogP contribution in [0.2, 0.25) is 15.1 Å². The number of aromatic nitrogens is 2. The van der Waals surface area contributed by atoms with E-state index in [0.717, 1.165) is 66.1 Å². The normalized spacial score (nSPS) is 15.0. The van der Waals surface area contributed by atoms with Crippen LogP contribution in [-0.2, 0) is 11.3 Å². The maximum atomic E-state index is 6.60. The van der Waals surface area contributed by atoms with Crippen molar-refractivity contribution in [2.45, 2.75) is 45.8 Å². The molecule has 0 spiro atoms. The lowest BCUT2D eigenvalue weighted by atomic mass is 10.0. The first-order valence-corrected chi connectivity index (χ1v) is 11.0. The van der Waals surface area contributed by atoms with Crippen molar-refractivity contribution in [3.63, 3.8) is 0 Å². The summed E-state index contributed by atoms with van der Waals surface area (Å²) in [6.07, 6.45) is 2.97. The average Bonchev–Trinajstić information content (AvgIpc) is 3.08. The summed E-state index contributed by atoms with van der Waals surface area (Å²) in [5.74, 6) is 0.860. The van der Waals surface area contributed by atoms with Gasteiger partial charge in [0.1, 0.15) is 5.52 Å². The SMILES string of the molecule is CCCC(OC)c1ccc(Cl)c2nc3n(c12)CCCN3c1c(C)cc(Cl)cc1Cl. The predicted octanol–water partition coefficient (Wildman–Crippen LogP) is 7.33. The van der Waals surface area contributed by atoms with E-state index in [2.05, 4.69) is 22.5 Å². The summed E-state index contributed by atoms with van der Waals surface area (Å²) < 4.78 is 8.07. The topological polar surface area (TPSA) is 30.3 Å². The Morgan fingerprint density at radius 3 is 2.62 bits per heavy atom. The molecule has 1 aliphatic rings. The summed E-state index contributed by atoms with van der Waals surface area (Å²) in [5, 5.41) is 1.91. The number of anilines is 2. The first-order valence-electron chi connectivity index (χ1n) is 9.90. The monoisotopic (exact) mass is 451 g/mol. The van der Waals surface area contributed by atoms with Crippen molar-refractivity contribution in [2.75, 3.05) is 18.6 Å². The maximum Gasteiger partial charge on any atom is 0.211 e. The van der Waals surface area contributed by atoms with Gasteiger partial charge in [0.05, 0.1) is 27.4 Å². The van der Waals surface area contributed by atoms with Crippen LogP contribution in [0.1, 0.15) is 43.4 Å². The highest BCUT2D eigenvalue weighted by Gasteiger charge is 2.28. The van der Waals surface area contributed by atoms with Crippen molar-refractivity contribution in [2.24, 2.45) is 0 Å². The van der Waals surface area contributed by atoms with E-state index >= 15 is 0 Å². The van der Waals surface area contributed by atoms with Gasteiger partial charge in [0, 0.05) is 30.8 Å². The standard InChI is InChI=1S/C22H24Cl3N3O/c1-4-6-18(29-3)15-7-8-16(24)19-21(15)28-10-5-9-27(22(28)26-19)20-13(2)11-14(23)12-17(20)25/h7-8,11-12,18H,4-6,9-10H2,1-3H3. The van der Waals surface area contributed by atoms with Gasteiger partial charge < -0.3 is 14.2 Å². The third-order valence-corrected chi connectivity index (χ3v) is 6.34. The lowest BCUT2D eigenvalue weighted by Crippen LogP contribution is -2.29. The zero-order valence-electron chi connectivity index (χ0n) is 16.8. The zero-order valence-corrected chi connectivity index (χ0v) is 19.1. The van der Waals surface area contributed by atoms with Crippen LogP contribution in [0, 0.1) is 6.92 Å². The Labute approximate surface area is 186 Å². The molecule has 2 heterocycles. The Balaban J connectivity index is 1.94. The van der Waals surface area contributed by atoms with E-state index in [4.69, 9.17) is 44.5 Å². The van der Waals surface area contributed by atoms with E-state index < -0.39 is 0 Å². The molecule has 3 aromatic rings. The van der Waals surface area contributed by atoms with Gasteiger partial charge in [-0.15, -0.1) is 0 Å². The maximum absolute atomic E-state index is 6.60. The van der Waals surface area contributed by atoms with E-state index in [1.54, 1.807) is 13.2 Å². The summed E-state index contributed by atoms with van der Waals surface area (Å²) in [5.41, 5.74) is 4.97. The zero-order chi connectivity index (χ0) is 20.7. The average molecular weight is 453 g/mol. The van der Waals surface area contributed by atoms with E-state index in [0.29, 0.717) is 15.1 Å². The Kier molecular flexibility index (Phi) is 5.99. The molecule has 0 saturated heterocycles. The van der Waals surface area contributed by atoms with Gasteiger partial charge in [-0.1, -0.05) is 54.2 Å². The van der Waals surface area contributed by atoms with E-state index in [1.165, 1.54) is 0 Å². The molecule has 1 unspecified atom stereocenters. The van der Waals surface area contributed by atoms with Gasteiger partial charge in [-0.3, -0.25) is 0 Å². The minimum absolute atomic E-state index is 0.0109. The lowest BCUT2D eigenvalue weighted by Gasteiger charge is -2.31. The second-order valence-corrected chi connectivity index (χ2v) is 8.72. The summed E-state index contributed by atoms with van der Waals surface area (Å²) in [4.78, 5) is 7.14. The van der Waals surface area contributed by atoms with Crippen LogP contribution in [0.3, 0.4) is 0 Å². The molecule has 0 amide bonds. The van der Waals surface area contributed by atoms with Crippen LogP contribution in [0.4, 0.5) is 11.6 Å². The second kappa shape index (κ2) is 8.35. The number of ether oxygens (including phenoxy) is 1. The predicted molar refractivity (Wildman–Crippen MR) is 122 cm³/mol. The molecule has 1 aliphatic heterocycles. The van der Waals surface area contributed by atoms with E-state index in [-0.39, 0.29) is 6.10 Å². The Morgan fingerprint density at radius 2 is 1.93 bits per heavy atom. The van der Waals surface area contributed by atoms with E-state index in [9.17, 15) is 0 Å². The molecule has 1 atom stereocenters. The van der Waals surface area contributed by atoms with Crippen molar-refractivity contribution in [3.8, 4) is 0 Å². The quantitative estimate of drug-likeness (QED) is 0.406. The number of nitrogens with zero attached hydrogens (tertiary/aromatic N) is 3. The van der Waals surface area contributed by atoms with Crippen LogP contribution >= 0.6 is 34.8 Å². The smallest absolute Gasteiger partial charge is 0.211 e. The first-order chi connectivity index (χ1) is 14.0. The fraction of sp³-hybridized carbons (Fsp3) is 0.409. The minimum Gasteiger partial charge on any atom is -0.377 e. The molecule has 2 aromatic carbocycles. The largest absolute Gasteiger partial charge is 0.377 e. The highest BCUT2D eigenvalue weighted by Crippen LogP contribution is 2.42. The number of imidazole rings is 1. The van der Waals surface area contributed by atoms with Crippen LogP contribution in [0.5, 0.6) is 0 Å². The molecule has 154 valence electrons. The molecular formula is C22H24Cl3N3O. The Hall–Kier alpha value is -1.46. The lowest BCUT2D eigenvalue weighted by molar-refractivity contribution is 0.0959. The number of rotatable bonds is 5. The van der Waals surface area contributed by atoms with Crippen LogP contribution in [0.25, 0.3) is 11.0 Å². The van der Waals surface area contributed by atoms with Crippen molar-refractivity contribution in [1.29, 1.82) is 0 Å². The molecule has 0 aliphatic carbocycles. The molecule has 0 fully saturated rings. The third kappa shape index (κ3) is 3.61. The molecular weight excluding hydrogens is 429 g/mol. The number of aryl methyl sites for hydroxylation is 2. The summed E-state index contributed by atoms with van der Waals surface area (Å²) in [6, 6.07) is 7.71. The van der Waals surface area contributed by atoms with E-state index in [1.807, 2.05) is 19.1 Å². The van der Waals surface area contributed by atoms with Gasteiger partial charge in [0.2, 0.25) is 5.95 Å². The highest BCUT2D eigenvalue weighted by atomic mass is 35.5. The highest BCUT2D eigenvalue weighted by molar-refractivity contribution is 6.37. The van der Waals surface area contributed by atoms with Crippen molar-refractivity contribution in [1.82, 2.24) is 9.55 Å².